The highest BCUT2D eigenvalue weighted by atomic mass is 15.3. The molecule has 0 heterocycles. The molecule has 0 radical (unpaired) electrons. The molecule has 2 heteroatoms. The van der Waals surface area contributed by atoms with E-state index in [1.165, 1.54) is 110 Å². The lowest BCUT2D eigenvalue weighted by atomic mass is 9.13. The Morgan fingerprint density at radius 2 is 0.740 bits per heavy atom. The van der Waals surface area contributed by atoms with E-state index in [0.29, 0.717) is 0 Å². The van der Waals surface area contributed by atoms with E-state index in [-0.39, 0.29) is 0 Å². The van der Waals surface area contributed by atoms with E-state index in [9.17, 15) is 0 Å². The highest BCUT2D eigenvalue weighted by molar-refractivity contribution is 7.19. The van der Waals surface area contributed by atoms with E-state index in [2.05, 4.69) is 179 Å². The number of likely N-dealkylation sites (N-methyl/N-ethyl adjacent to an activating group) is 1. The van der Waals surface area contributed by atoms with E-state index in [1.54, 1.807) is 0 Å². The van der Waals surface area contributed by atoms with Gasteiger partial charge in [0.05, 0.1) is 20.1 Å². The van der Waals surface area contributed by atoms with Crippen molar-refractivity contribution in [2.24, 2.45) is 0 Å². The zero-order valence-corrected chi connectivity index (χ0v) is 31.4. The molecular formula is C48H62BN. The maximum absolute atomic E-state index is 4.41. The van der Waals surface area contributed by atoms with Crippen LogP contribution in [0, 0.1) is 0 Å². The predicted octanol–water partition coefficient (Wildman–Crippen LogP) is 10.2. The standard InChI is InChI=1S/C24H20B.C24H42N/c1-5-13-21(14-6-1)25(22-15-7-2-8-16-22,23-17-9-3-10-18-23)24-19-11-4-12-20-24;1-5-7-9-11-16-20-25(4,21-17-12-10-8-6-2)22-23(3)24-18-14-13-15-19-24/h1-20H;13-15,18-19H,3,5-12,16-17,20-22H2,1-2,4H3/q-1;+1. The largest absolute Gasteiger partial charge is 0.322 e. The number of quaternary nitrogens is 1. The van der Waals surface area contributed by atoms with Crippen molar-refractivity contribution in [3.8, 4) is 0 Å². The zero-order valence-electron chi connectivity index (χ0n) is 31.4. The smallest absolute Gasteiger partial charge is 0.108 e. The molecule has 0 aliphatic carbocycles. The molecule has 0 amide bonds. The first-order chi connectivity index (χ1) is 24.5. The molecule has 50 heavy (non-hydrogen) atoms. The second-order valence-electron chi connectivity index (χ2n) is 14.5. The topological polar surface area (TPSA) is 0 Å². The zero-order chi connectivity index (χ0) is 35.3. The number of unbranched alkanes of at least 4 members (excludes halogenated alkanes) is 8. The molecule has 0 saturated heterocycles. The average molecular weight is 664 g/mol. The van der Waals surface area contributed by atoms with E-state index in [1.807, 2.05) is 0 Å². The van der Waals surface area contributed by atoms with Crippen molar-refractivity contribution in [2.75, 3.05) is 26.7 Å². The van der Waals surface area contributed by atoms with Crippen LogP contribution in [0.2, 0.25) is 0 Å². The molecule has 262 valence electrons. The molecule has 0 unspecified atom stereocenters. The van der Waals surface area contributed by atoms with Crippen LogP contribution in [0.25, 0.3) is 5.57 Å². The second-order valence-corrected chi connectivity index (χ2v) is 14.5. The third-order valence-electron chi connectivity index (χ3n) is 10.6. The van der Waals surface area contributed by atoms with Gasteiger partial charge in [-0.25, -0.2) is 0 Å². The van der Waals surface area contributed by atoms with Gasteiger partial charge in [-0.3, -0.25) is 0 Å². The van der Waals surface area contributed by atoms with Gasteiger partial charge in [0.25, 0.3) is 0 Å². The number of benzene rings is 5. The van der Waals surface area contributed by atoms with Crippen LogP contribution in [0.4, 0.5) is 0 Å². The highest BCUT2D eigenvalue weighted by Crippen LogP contribution is 2.20. The van der Waals surface area contributed by atoms with E-state index >= 15 is 0 Å². The molecule has 0 spiro atoms. The lowest BCUT2D eigenvalue weighted by Gasteiger charge is -2.44. The van der Waals surface area contributed by atoms with Crippen LogP contribution >= 0.6 is 0 Å². The Bertz CT molecular complexity index is 1420. The Morgan fingerprint density at radius 1 is 0.440 bits per heavy atom. The molecule has 0 bridgehead atoms. The summed E-state index contributed by atoms with van der Waals surface area (Å²) in [5.41, 5.74) is 7.96. The second kappa shape index (κ2) is 21.2. The lowest BCUT2D eigenvalue weighted by molar-refractivity contribution is -0.902. The van der Waals surface area contributed by atoms with Crippen molar-refractivity contribution in [1.29, 1.82) is 0 Å². The van der Waals surface area contributed by atoms with Gasteiger partial charge in [0.2, 0.25) is 0 Å². The van der Waals surface area contributed by atoms with Crippen molar-refractivity contribution in [1.82, 2.24) is 0 Å². The minimum Gasteiger partial charge on any atom is -0.322 e. The van der Waals surface area contributed by atoms with Gasteiger partial charge in [0.15, 0.2) is 0 Å². The van der Waals surface area contributed by atoms with Crippen molar-refractivity contribution in [2.45, 2.75) is 78.1 Å². The van der Waals surface area contributed by atoms with Crippen molar-refractivity contribution >= 4 is 33.6 Å². The first-order valence-electron chi connectivity index (χ1n) is 19.5. The van der Waals surface area contributed by atoms with Crippen LogP contribution in [-0.4, -0.2) is 37.3 Å². The predicted molar refractivity (Wildman–Crippen MR) is 224 cm³/mol. The molecule has 5 aromatic rings. The normalized spacial score (nSPS) is 11.4. The quantitative estimate of drug-likeness (QED) is 0.0469. The fourth-order valence-corrected chi connectivity index (χ4v) is 7.81. The molecule has 0 aliphatic rings. The van der Waals surface area contributed by atoms with Crippen LogP contribution in [0.1, 0.15) is 83.6 Å². The van der Waals surface area contributed by atoms with Crippen molar-refractivity contribution < 1.29 is 4.48 Å². The molecule has 5 rings (SSSR count). The van der Waals surface area contributed by atoms with Gasteiger partial charge in [-0.05, 0) is 31.2 Å². The first-order valence-corrected chi connectivity index (χ1v) is 19.5. The monoisotopic (exact) mass is 663 g/mol. The Morgan fingerprint density at radius 3 is 1.06 bits per heavy atom. The summed E-state index contributed by atoms with van der Waals surface area (Å²) >= 11 is 0. The Balaban J connectivity index is 0.000000225. The summed E-state index contributed by atoms with van der Waals surface area (Å²) in [6.07, 6.45) is 12.5. The summed E-state index contributed by atoms with van der Waals surface area (Å²) in [6.45, 7) is 12.7. The molecule has 5 aromatic carbocycles. The fourth-order valence-electron chi connectivity index (χ4n) is 7.81. The van der Waals surface area contributed by atoms with Crippen LogP contribution in [0.15, 0.2) is 158 Å². The number of hydrogen-bond donors (Lipinski definition) is 0. The average Bonchev–Trinajstić information content (AvgIpc) is 3.17. The minimum atomic E-state index is -1.22. The lowest BCUT2D eigenvalue weighted by Crippen LogP contribution is -2.74. The van der Waals surface area contributed by atoms with Crippen molar-refractivity contribution in [3.63, 3.8) is 0 Å². The van der Waals surface area contributed by atoms with E-state index in [4.69, 9.17) is 0 Å². The van der Waals surface area contributed by atoms with Gasteiger partial charge in [-0.1, -0.05) is 211 Å². The summed E-state index contributed by atoms with van der Waals surface area (Å²) in [5, 5.41) is 0. The molecule has 0 atom stereocenters. The third-order valence-corrected chi connectivity index (χ3v) is 10.6. The molecule has 0 N–H and O–H groups in total. The molecular weight excluding hydrogens is 601 g/mol. The Hall–Kier alpha value is -4.14. The summed E-state index contributed by atoms with van der Waals surface area (Å²) in [7, 11) is 2.45. The highest BCUT2D eigenvalue weighted by Gasteiger charge is 2.31. The van der Waals surface area contributed by atoms with E-state index < -0.39 is 6.15 Å². The number of rotatable bonds is 19. The summed E-state index contributed by atoms with van der Waals surface area (Å²) in [6, 6.07) is 54.3. The Labute approximate surface area is 305 Å². The minimum absolute atomic E-state index is 1.09. The summed E-state index contributed by atoms with van der Waals surface area (Å²) in [4.78, 5) is 0. The van der Waals surface area contributed by atoms with Gasteiger partial charge < -0.3 is 4.48 Å². The summed E-state index contributed by atoms with van der Waals surface area (Å²) in [5.74, 6) is 0. The van der Waals surface area contributed by atoms with E-state index in [0.717, 1.165) is 11.0 Å². The van der Waals surface area contributed by atoms with Gasteiger partial charge in [-0.2, -0.15) is 21.9 Å². The molecule has 0 aromatic heterocycles. The summed E-state index contributed by atoms with van der Waals surface area (Å²) < 4.78 is 1.16. The molecule has 1 nitrogen and oxygen atoms in total. The molecule has 0 fully saturated rings. The maximum Gasteiger partial charge on any atom is 0.108 e. The Kier molecular flexibility index (Phi) is 16.4. The maximum atomic E-state index is 4.41. The number of nitrogens with zero attached hydrogens (tertiary/aromatic N) is 1. The van der Waals surface area contributed by atoms with Crippen LogP contribution in [0.3, 0.4) is 0 Å². The van der Waals surface area contributed by atoms with Crippen molar-refractivity contribution in [3.05, 3.63) is 164 Å². The van der Waals surface area contributed by atoms with Crippen LogP contribution < -0.4 is 21.9 Å². The van der Waals surface area contributed by atoms with Gasteiger partial charge in [0, 0.05) is 5.57 Å². The first kappa shape index (κ1) is 38.7. The SMILES string of the molecule is C=C(C[N+](C)(CCCCCCC)CCCCCCC)c1ccccc1.c1ccc([B-](c2ccccc2)(c2ccccc2)c2ccccc2)cc1. The van der Waals surface area contributed by atoms with Gasteiger partial charge in [-0.15, -0.1) is 0 Å². The van der Waals surface area contributed by atoms with Crippen LogP contribution in [0.5, 0.6) is 0 Å². The van der Waals surface area contributed by atoms with Gasteiger partial charge in [0.1, 0.15) is 12.7 Å². The fraction of sp³-hybridized carbons (Fsp3) is 0.333. The van der Waals surface area contributed by atoms with Gasteiger partial charge >= 0.3 is 0 Å². The third kappa shape index (κ3) is 11.2. The number of hydrogen-bond acceptors (Lipinski definition) is 0. The molecule has 0 aliphatic heterocycles. The molecule has 0 saturated carbocycles. The van der Waals surface area contributed by atoms with Crippen LogP contribution in [-0.2, 0) is 0 Å².